The number of amides is 2. The number of hydrogen-bond donors (Lipinski definition) is 1. The molecule has 1 aromatic rings. The van der Waals surface area contributed by atoms with E-state index in [0.29, 0.717) is 31.7 Å². The van der Waals surface area contributed by atoms with Crippen molar-refractivity contribution in [3.05, 3.63) is 35.4 Å². The van der Waals surface area contributed by atoms with E-state index >= 15 is 0 Å². The zero-order valence-corrected chi connectivity index (χ0v) is 20.7. The molecule has 3 rings (SSSR count). The lowest BCUT2D eigenvalue weighted by Gasteiger charge is -2.52. The largest absolute Gasteiger partial charge is 0.342 e. The zero-order valence-electron chi connectivity index (χ0n) is 20.7. The first-order valence-corrected chi connectivity index (χ1v) is 12.3. The third-order valence-corrected chi connectivity index (χ3v) is 6.86. The van der Waals surface area contributed by atoms with Crippen LogP contribution in [-0.4, -0.2) is 71.8 Å². The normalized spacial score (nSPS) is 21.6. The van der Waals surface area contributed by atoms with Gasteiger partial charge in [-0.05, 0) is 56.8 Å². The molecule has 32 heavy (non-hydrogen) atoms. The Morgan fingerprint density at radius 1 is 1.09 bits per heavy atom. The maximum absolute atomic E-state index is 13.4. The van der Waals surface area contributed by atoms with Gasteiger partial charge in [0.2, 0.25) is 11.8 Å². The second kappa shape index (κ2) is 10.8. The standard InChI is InChI=1S/C26H42N4O2/c1-6-7-14-30-24(31)23(17-20(2)3)27-25(32)26(30)12-15-29(16-13-26)19-22-10-8-21(9-11-22)18-28(4)5/h8-11,20,23H,6-7,12-19H2,1-5H3,(H,27,32)/t23-/m0/s1. The summed E-state index contributed by atoms with van der Waals surface area (Å²) in [5, 5.41) is 3.10. The van der Waals surface area contributed by atoms with Crippen molar-refractivity contribution in [2.24, 2.45) is 5.92 Å². The Hall–Kier alpha value is -1.92. The molecule has 0 radical (unpaired) electrons. The molecular formula is C26H42N4O2. The molecule has 6 nitrogen and oxygen atoms in total. The number of hydrogen-bond acceptors (Lipinski definition) is 4. The van der Waals surface area contributed by atoms with Crippen molar-refractivity contribution in [1.29, 1.82) is 0 Å². The van der Waals surface area contributed by atoms with Crippen LogP contribution in [0.3, 0.4) is 0 Å². The van der Waals surface area contributed by atoms with Crippen LogP contribution in [0.25, 0.3) is 0 Å². The molecule has 0 aliphatic carbocycles. The van der Waals surface area contributed by atoms with Gasteiger partial charge in [0.25, 0.3) is 0 Å². The fourth-order valence-corrected chi connectivity index (χ4v) is 5.10. The van der Waals surface area contributed by atoms with Crippen molar-refractivity contribution in [1.82, 2.24) is 20.0 Å². The van der Waals surface area contributed by atoms with Gasteiger partial charge < -0.3 is 15.1 Å². The molecule has 6 heteroatoms. The number of carbonyl (C=O) groups excluding carboxylic acids is 2. The second-order valence-corrected chi connectivity index (χ2v) is 10.4. The van der Waals surface area contributed by atoms with Gasteiger partial charge in [0, 0.05) is 32.7 Å². The monoisotopic (exact) mass is 442 g/mol. The third-order valence-electron chi connectivity index (χ3n) is 6.86. The molecule has 1 spiro atoms. The zero-order chi connectivity index (χ0) is 23.3. The van der Waals surface area contributed by atoms with E-state index in [1.807, 2.05) is 4.90 Å². The van der Waals surface area contributed by atoms with E-state index in [2.05, 4.69) is 74.2 Å². The molecule has 2 heterocycles. The first-order chi connectivity index (χ1) is 15.2. The van der Waals surface area contributed by atoms with Gasteiger partial charge in [-0.2, -0.15) is 0 Å². The van der Waals surface area contributed by atoms with Gasteiger partial charge in [-0.15, -0.1) is 0 Å². The molecule has 178 valence electrons. The third kappa shape index (κ3) is 5.70. The molecule has 2 saturated heterocycles. The minimum Gasteiger partial charge on any atom is -0.342 e. The van der Waals surface area contributed by atoms with Gasteiger partial charge in [0.05, 0.1) is 0 Å². The molecule has 0 bridgehead atoms. The number of piperidine rings is 1. The molecule has 2 amide bonds. The molecule has 2 aliphatic heterocycles. The molecule has 2 fully saturated rings. The lowest BCUT2D eigenvalue weighted by Crippen LogP contribution is -2.73. The Labute approximate surface area is 194 Å². The van der Waals surface area contributed by atoms with Crippen LogP contribution in [0.5, 0.6) is 0 Å². The summed E-state index contributed by atoms with van der Waals surface area (Å²) in [5.74, 6) is 0.556. The van der Waals surface area contributed by atoms with E-state index in [9.17, 15) is 9.59 Å². The average Bonchev–Trinajstić information content (AvgIpc) is 2.74. The number of carbonyl (C=O) groups is 2. The number of rotatable bonds is 9. The van der Waals surface area contributed by atoms with Crippen LogP contribution in [0.15, 0.2) is 24.3 Å². The Kier molecular flexibility index (Phi) is 8.34. The van der Waals surface area contributed by atoms with Crippen molar-refractivity contribution in [2.45, 2.75) is 77.5 Å². The molecular weight excluding hydrogens is 400 g/mol. The summed E-state index contributed by atoms with van der Waals surface area (Å²) >= 11 is 0. The number of piperazine rings is 1. The van der Waals surface area contributed by atoms with Gasteiger partial charge in [0.1, 0.15) is 11.6 Å². The summed E-state index contributed by atoms with van der Waals surface area (Å²) in [6, 6.07) is 8.46. The Morgan fingerprint density at radius 2 is 1.72 bits per heavy atom. The second-order valence-electron chi connectivity index (χ2n) is 10.4. The van der Waals surface area contributed by atoms with Crippen molar-refractivity contribution >= 4 is 11.8 Å². The van der Waals surface area contributed by atoms with Crippen LogP contribution in [0.1, 0.15) is 64.0 Å². The van der Waals surface area contributed by atoms with Crippen molar-refractivity contribution in [3.8, 4) is 0 Å². The van der Waals surface area contributed by atoms with Crippen LogP contribution in [0.4, 0.5) is 0 Å². The highest BCUT2D eigenvalue weighted by molar-refractivity contribution is 6.00. The van der Waals surface area contributed by atoms with Gasteiger partial charge in [-0.1, -0.05) is 51.5 Å². The summed E-state index contributed by atoms with van der Waals surface area (Å²) in [4.78, 5) is 33.3. The summed E-state index contributed by atoms with van der Waals surface area (Å²) in [5.41, 5.74) is 1.94. The van der Waals surface area contributed by atoms with Gasteiger partial charge in [-0.3, -0.25) is 14.5 Å². The lowest BCUT2D eigenvalue weighted by atomic mass is 9.80. The number of likely N-dealkylation sites (tertiary alicyclic amines) is 1. The predicted molar refractivity (Wildman–Crippen MR) is 129 cm³/mol. The van der Waals surface area contributed by atoms with E-state index in [1.165, 1.54) is 11.1 Å². The van der Waals surface area contributed by atoms with Crippen LogP contribution in [-0.2, 0) is 22.7 Å². The molecule has 1 atom stereocenters. The lowest BCUT2D eigenvalue weighted by molar-refractivity contribution is -0.161. The van der Waals surface area contributed by atoms with Gasteiger partial charge in [0.15, 0.2) is 0 Å². The maximum Gasteiger partial charge on any atom is 0.246 e. The highest BCUT2D eigenvalue weighted by Crippen LogP contribution is 2.34. The smallest absolute Gasteiger partial charge is 0.246 e. The Bertz CT molecular complexity index is 767. The van der Waals surface area contributed by atoms with E-state index in [0.717, 1.165) is 39.0 Å². The van der Waals surface area contributed by atoms with Crippen LogP contribution in [0.2, 0.25) is 0 Å². The highest BCUT2D eigenvalue weighted by Gasteiger charge is 2.53. The van der Waals surface area contributed by atoms with Crippen molar-refractivity contribution in [3.63, 3.8) is 0 Å². The quantitative estimate of drug-likeness (QED) is 0.638. The van der Waals surface area contributed by atoms with Gasteiger partial charge >= 0.3 is 0 Å². The minimum absolute atomic E-state index is 0.0616. The highest BCUT2D eigenvalue weighted by atomic mass is 16.2. The topological polar surface area (TPSA) is 55.9 Å². The van der Waals surface area contributed by atoms with Crippen LogP contribution >= 0.6 is 0 Å². The van der Waals surface area contributed by atoms with E-state index in [4.69, 9.17) is 0 Å². The molecule has 1 aromatic carbocycles. The van der Waals surface area contributed by atoms with E-state index < -0.39 is 5.54 Å². The fraction of sp³-hybridized carbons (Fsp3) is 0.692. The molecule has 1 N–H and O–H groups in total. The van der Waals surface area contributed by atoms with E-state index in [1.54, 1.807) is 0 Å². The summed E-state index contributed by atoms with van der Waals surface area (Å²) in [6.07, 6.45) is 4.09. The predicted octanol–water partition coefficient (Wildman–Crippen LogP) is 3.26. The average molecular weight is 443 g/mol. The van der Waals surface area contributed by atoms with Crippen molar-refractivity contribution in [2.75, 3.05) is 33.7 Å². The SMILES string of the molecule is CCCCN1C(=O)[C@H](CC(C)C)NC(=O)C12CCN(Cc1ccc(CN(C)C)cc1)CC2. The van der Waals surface area contributed by atoms with E-state index in [-0.39, 0.29) is 17.9 Å². The van der Waals surface area contributed by atoms with Crippen LogP contribution < -0.4 is 5.32 Å². The van der Waals surface area contributed by atoms with Crippen LogP contribution in [0, 0.1) is 5.92 Å². The maximum atomic E-state index is 13.4. The number of unbranched alkanes of at least 4 members (excludes halogenated alkanes) is 1. The fourth-order valence-electron chi connectivity index (χ4n) is 5.10. The van der Waals surface area contributed by atoms with Crippen molar-refractivity contribution < 1.29 is 9.59 Å². The first kappa shape index (κ1) is 24.7. The summed E-state index contributed by atoms with van der Waals surface area (Å²) < 4.78 is 0. The first-order valence-electron chi connectivity index (χ1n) is 12.3. The molecule has 2 aliphatic rings. The number of nitrogens with one attached hydrogen (secondary N) is 1. The number of nitrogens with zero attached hydrogens (tertiary/aromatic N) is 3. The molecule has 0 aromatic heterocycles. The Morgan fingerprint density at radius 3 is 2.28 bits per heavy atom. The Balaban J connectivity index is 1.66. The summed E-state index contributed by atoms with van der Waals surface area (Å²) in [7, 11) is 4.16. The summed E-state index contributed by atoms with van der Waals surface area (Å²) in [6.45, 7) is 10.5. The molecule has 0 saturated carbocycles. The van der Waals surface area contributed by atoms with Gasteiger partial charge in [-0.25, -0.2) is 0 Å². The number of benzene rings is 1. The molecule has 0 unspecified atom stereocenters. The minimum atomic E-state index is -0.675.